The lowest BCUT2D eigenvalue weighted by Gasteiger charge is -2.10. The van der Waals surface area contributed by atoms with Crippen molar-refractivity contribution in [3.8, 4) is 0 Å². The summed E-state index contributed by atoms with van der Waals surface area (Å²) in [4.78, 5) is 8.88. The molecule has 4 aromatic heterocycles. The number of hydrogen-bond acceptors (Lipinski definition) is 6. The zero-order valence-electron chi connectivity index (χ0n) is 20.9. The number of hydrogen-bond donors (Lipinski definition) is 0. The first-order chi connectivity index (χ1) is 20.3. The van der Waals surface area contributed by atoms with Crippen molar-refractivity contribution >= 4 is 165 Å². The van der Waals surface area contributed by atoms with Crippen molar-refractivity contribution < 1.29 is 16.8 Å². The van der Waals surface area contributed by atoms with Crippen molar-refractivity contribution in [1.29, 1.82) is 0 Å². The highest BCUT2D eigenvalue weighted by Gasteiger charge is 2.27. The fourth-order valence-corrected chi connectivity index (χ4v) is 11.6. The van der Waals surface area contributed by atoms with Gasteiger partial charge in [-0.25, -0.2) is 34.7 Å². The van der Waals surface area contributed by atoms with Gasteiger partial charge in [-0.2, -0.15) is 0 Å². The maximum absolute atomic E-state index is 13.0. The number of benzene rings is 2. The van der Waals surface area contributed by atoms with Crippen LogP contribution in [0.4, 0.5) is 0 Å². The summed E-state index contributed by atoms with van der Waals surface area (Å²) in [5.74, 6) is 0. The van der Waals surface area contributed by atoms with E-state index in [0.717, 1.165) is 0 Å². The maximum atomic E-state index is 13.0. The highest BCUT2D eigenvalue weighted by Crippen LogP contribution is 2.35. The van der Waals surface area contributed by atoms with Crippen molar-refractivity contribution in [1.82, 2.24) is 17.9 Å². The number of pyridine rings is 2. The Labute approximate surface area is 314 Å². The second kappa shape index (κ2) is 13.3. The smallest absolute Gasteiger partial charge is 0.236 e. The molecule has 17 heteroatoms. The van der Waals surface area contributed by atoms with Gasteiger partial charge in [-0.05, 0) is 136 Å². The molecule has 6 rings (SSSR count). The number of fused-ring (bicyclic) bond motifs is 2. The van der Waals surface area contributed by atoms with Crippen LogP contribution in [0.25, 0.3) is 22.1 Å². The summed E-state index contributed by atoms with van der Waals surface area (Å²) < 4.78 is 57.0. The Morgan fingerprint density at radius 2 is 1.09 bits per heavy atom. The van der Waals surface area contributed by atoms with Crippen molar-refractivity contribution in [3.05, 3.63) is 109 Å². The van der Waals surface area contributed by atoms with Crippen LogP contribution in [0, 0.1) is 11.0 Å². The fraction of sp³-hybridized carbons (Fsp3) is 0. The minimum Gasteiger partial charge on any atom is -0.236 e. The molecule has 0 aliphatic rings. The molecule has 2 aromatic carbocycles. The lowest BCUT2D eigenvalue weighted by molar-refractivity contribution is 0.585. The molecule has 0 fully saturated rings. The standard InChI is InChI=1S/C13H6BrClI2N2O2S.C13H7BrClIN2O2S/c14-8-6-18-13-7(12(8)15)5-11(17)19(13)22(20,21)10-4-2-1-3-9(10)16;14-10-7-17-13-9(12(10)15)6-11(16)18(13)21(19,20)8-4-2-1-3-5-8/h1-6H;1-7H. The minimum absolute atomic E-state index is 0.209. The number of rotatable bonds is 4. The number of halogens is 7. The summed E-state index contributed by atoms with van der Waals surface area (Å²) >= 11 is 25.0. The van der Waals surface area contributed by atoms with E-state index in [0.29, 0.717) is 52.0 Å². The van der Waals surface area contributed by atoms with Crippen LogP contribution in [0.15, 0.2) is 97.9 Å². The summed E-state index contributed by atoms with van der Waals surface area (Å²) in [5, 5.41) is 2.07. The van der Waals surface area contributed by atoms with Gasteiger partial charge >= 0.3 is 0 Å². The van der Waals surface area contributed by atoms with Gasteiger partial charge in [-0.15, -0.1) is 0 Å². The van der Waals surface area contributed by atoms with Gasteiger partial charge in [0.05, 0.1) is 31.3 Å². The lowest BCUT2D eigenvalue weighted by Crippen LogP contribution is -2.16. The maximum Gasteiger partial charge on any atom is 0.271 e. The first-order valence-corrected chi connectivity index (χ1v) is 20.0. The molecule has 0 aliphatic heterocycles. The second-order valence-electron chi connectivity index (χ2n) is 8.53. The van der Waals surface area contributed by atoms with Gasteiger partial charge in [0.1, 0.15) is 4.90 Å². The zero-order valence-corrected chi connectivity index (χ0v) is 33.7. The highest BCUT2D eigenvalue weighted by molar-refractivity contribution is 14.1. The van der Waals surface area contributed by atoms with Crippen LogP contribution in [0.3, 0.4) is 0 Å². The predicted octanol–water partition coefficient (Wildman–Crippen LogP) is 9.19. The van der Waals surface area contributed by atoms with E-state index in [9.17, 15) is 16.8 Å². The monoisotopic (exact) mass is 1120 g/mol. The Kier molecular flexibility index (Phi) is 10.4. The Hall–Kier alpha value is -0.550. The quantitative estimate of drug-likeness (QED) is 0.163. The molecule has 0 unspecified atom stereocenters. The summed E-state index contributed by atoms with van der Waals surface area (Å²) in [6.45, 7) is 0. The molecule has 8 nitrogen and oxygen atoms in total. The number of aromatic nitrogens is 4. The van der Waals surface area contributed by atoms with E-state index in [1.54, 1.807) is 66.7 Å². The fourth-order valence-electron chi connectivity index (χ4n) is 3.99. The summed E-state index contributed by atoms with van der Waals surface area (Å²) in [6, 6.07) is 18.5. The SMILES string of the molecule is O=S(=O)(c1ccccc1)n1c(I)cc2c(Cl)c(Br)cnc21.O=S(=O)(c1ccccc1I)n1c(I)cc2c(Cl)c(Br)cnc21. The molecule has 0 saturated heterocycles. The first kappa shape index (κ1) is 33.8. The topological polar surface area (TPSA) is 104 Å². The van der Waals surface area contributed by atoms with Crippen LogP contribution in [-0.4, -0.2) is 34.7 Å². The molecule has 4 heterocycles. The summed E-state index contributed by atoms with van der Waals surface area (Å²) in [5.41, 5.74) is 0.633. The molecule has 6 aromatic rings. The molecule has 0 amide bonds. The molecule has 43 heavy (non-hydrogen) atoms. The average Bonchev–Trinajstić information content (AvgIpc) is 3.51. The lowest BCUT2D eigenvalue weighted by atomic mass is 10.3. The molecule has 0 saturated carbocycles. The Morgan fingerprint density at radius 1 is 0.651 bits per heavy atom. The van der Waals surface area contributed by atoms with Crippen molar-refractivity contribution in [2.45, 2.75) is 9.79 Å². The highest BCUT2D eigenvalue weighted by atomic mass is 127. The Bertz CT molecular complexity index is 2270. The Balaban J connectivity index is 0.000000171. The van der Waals surface area contributed by atoms with E-state index in [2.05, 4.69) is 41.8 Å². The van der Waals surface area contributed by atoms with Crippen LogP contribution in [0.5, 0.6) is 0 Å². The third kappa shape index (κ3) is 6.39. The molecule has 0 spiro atoms. The van der Waals surface area contributed by atoms with Crippen LogP contribution >= 0.6 is 123 Å². The van der Waals surface area contributed by atoms with Crippen LogP contribution in [0.1, 0.15) is 0 Å². The van der Waals surface area contributed by atoms with Crippen LogP contribution in [0.2, 0.25) is 10.0 Å². The van der Waals surface area contributed by atoms with Gasteiger partial charge in [0, 0.05) is 26.7 Å². The average molecular weight is 1120 g/mol. The number of nitrogens with zero attached hydrogens (tertiary/aromatic N) is 4. The van der Waals surface area contributed by atoms with Gasteiger partial charge in [-0.1, -0.05) is 53.5 Å². The molecule has 0 bridgehead atoms. The summed E-state index contributed by atoms with van der Waals surface area (Å²) in [7, 11) is -7.46. The molecule has 0 atom stereocenters. The Morgan fingerprint density at radius 3 is 1.58 bits per heavy atom. The molecule has 222 valence electrons. The van der Waals surface area contributed by atoms with Gasteiger partial charge < -0.3 is 0 Å². The van der Waals surface area contributed by atoms with Gasteiger partial charge in [0.15, 0.2) is 11.3 Å². The van der Waals surface area contributed by atoms with E-state index >= 15 is 0 Å². The van der Waals surface area contributed by atoms with E-state index in [1.165, 1.54) is 20.3 Å². The van der Waals surface area contributed by atoms with E-state index in [1.807, 2.05) is 67.8 Å². The molecule has 0 N–H and O–H groups in total. The largest absolute Gasteiger partial charge is 0.271 e. The first-order valence-electron chi connectivity index (χ1n) is 11.6. The normalized spacial score (nSPS) is 12.0. The van der Waals surface area contributed by atoms with Crippen molar-refractivity contribution in [3.63, 3.8) is 0 Å². The van der Waals surface area contributed by atoms with Crippen molar-refractivity contribution in [2.24, 2.45) is 0 Å². The van der Waals surface area contributed by atoms with Crippen molar-refractivity contribution in [2.75, 3.05) is 0 Å². The molecular formula is C26H13Br2Cl2I3N4O4S2. The summed E-state index contributed by atoms with van der Waals surface area (Å²) in [6.07, 6.45) is 3.00. The zero-order chi connectivity index (χ0) is 31.3. The van der Waals surface area contributed by atoms with Crippen LogP contribution in [-0.2, 0) is 20.0 Å². The van der Waals surface area contributed by atoms with Crippen LogP contribution < -0.4 is 0 Å². The minimum atomic E-state index is -3.75. The molecular weight excluding hydrogens is 1110 g/mol. The van der Waals surface area contributed by atoms with Gasteiger partial charge in [0.25, 0.3) is 20.0 Å². The van der Waals surface area contributed by atoms with E-state index in [4.69, 9.17) is 23.2 Å². The predicted molar refractivity (Wildman–Crippen MR) is 201 cm³/mol. The third-order valence-electron chi connectivity index (χ3n) is 5.91. The van der Waals surface area contributed by atoms with E-state index < -0.39 is 20.0 Å². The van der Waals surface area contributed by atoms with Gasteiger partial charge in [0.2, 0.25) is 0 Å². The third-order valence-corrected chi connectivity index (χ3v) is 15.4. The molecule has 0 aliphatic carbocycles. The second-order valence-corrected chi connectivity index (χ2v) is 17.9. The molecule has 0 radical (unpaired) electrons. The van der Waals surface area contributed by atoms with Gasteiger partial charge in [-0.3, -0.25) is 0 Å². The van der Waals surface area contributed by atoms with E-state index in [-0.39, 0.29) is 9.79 Å².